The molecule has 0 amide bonds. The minimum atomic E-state index is 0. The predicted octanol–water partition coefficient (Wildman–Crippen LogP) is 20.5. The van der Waals surface area contributed by atoms with E-state index in [1.165, 1.54) is 191 Å². The molecule has 3 heteroatoms. The van der Waals surface area contributed by atoms with Crippen molar-refractivity contribution >= 4 is 22.8 Å². The van der Waals surface area contributed by atoms with E-state index in [9.17, 15) is 0 Å². The maximum absolute atomic E-state index is 5.44. The van der Waals surface area contributed by atoms with Crippen LogP contribution in [0.2, 0.25) is 0 Å². The van der Waals surface area contributed by atoms with Gasteiger partial charge >= 0.3 is 0 Å². The Hall–Kier alpha value is -2.61. The quantitative estimate of drug-likeness (QED) is 0.0275. The molecule has 0 radical (unpaired) electrons. The van der Waals surface area contributed by atoms with Crippen LogP contribution < -0.4 is 0 Å². The van der Waals surface area contributed by atoms with Crippen LogP contribution in [0.5, 0.6) is 0 Å². The van der Waals surface area contributed by atoms with Crippen molar-refractivity contribution in [3.63, 3.8) is 0 Å². The minimum absolute atomic E-state index is 0. The van der Waals surface area contributed by atoms with Crippen molar-refractivity contribution in [1.29, 1.82) is 0 Å². The third-order valence-electron chi connectivity index (χ3n) is 13.0. The summed E-state index contributed by atoms with van der Waals surface area (Å²) in [4.78, 5) is 10.9. The minimum Gasteiger partial charge on any atom is -0.251 e. The van der Waals surface area contributed by atoms with E-state index in [0.29, 0.717) is 0 Å². The van der Waals surface area contributed by atoms with Gasteiger partial charge in [-0.2, -0.15) is 0 Å². The van der Waals surface area contributed by atoms with Gasteiger partial charge in [-0.25, -0.2) is 0 Å². The number of hydrogen-bond donors (Lipinski definition) is 0. The molecule has 65 heavy (non-hydrogen) atoms. The van der Waals surface area contributed by atoms with Crippen LogP contribution in [0.1, 0.15) is 283 Å². The molecular weight excluding hydrogens is 831 g/mol. The van der Waals surface area contributed by atoms with Crippen LogP contribution in [-0.4, -0.2) is 11.4 Å². The summed E-state index contributed by atoms with van der Waals surface area (Å²) in [5.74, 6) is 14.0. The Labute approximate surface area is 415 Å². The van der Waals surface area contributed by atoms with Crippen LogP contribution >= 0.6 is 0 Å². The van der Waals surface area contributed by atoms with Gasteiger partial charge in [-0.05, 0) is 74.6 Å². The number of aryl methyl sites for hydroxylation is 2. The molecule has 0 atom stereocenters. The van der Waals surface area contributed by atoms with Crippen molar-refractivity contribution in [1.82, 2.24) is 0 Å². The van der Waals surface area contributed by atoms with Crippen LogP contribution in [0.15, 0.2) is 58.5 Å². The summed E-state index contributed by atoms with van der Waals surface area (Å²) in [6, 6.07) is 17.5. The molecule has 0 aliphatic carbocycles. The van der Waals surface area contributed by atoms with Crippen molar-refractivity contribution in [3.05, 3.63) is 59.7 Å². The first kappa shape index (κ1) is 60.4. The van der Waals surface area contributed by atoms with Gasteiger partial charge in [0.15, 0.2) is 0 Å². The van der Waals surface area contributed by atoms with Crippen LogP contribution in [0.25, 0.3) is 0 Å². The molecule has 0 aromatic heterocycles. The zero-order chi connectivity index (χ0) is 45.6. The first-order valence-electron chi connectivity index (χ1n) is 28.0. The maximum atomic E-state index is 5.44. The van der Waals surface area contributed by atoms with Gasteiger partial charge in [-0.1, -0.05) is 244 Å². The van der Waals surface area contributed by atoms with E-state index < -0.39 is 0 Å². The molecule has 0 saturated heterocycles. The Kier molecular flexibility index (Phi) is 43.2. The molecular formula is C62H100N2Ni. The second-order valence-corrected chi connectivity index (χ2v) is 19.0. The summed E-state index contributed by atoms with van der Waals surface area (Å²) in [7, 11) is 0. The van der Waals surface area contributed by atoms with Crippen molar-refractivity contribution < 1.29 is 16.5 Å². The van der Waals surface area contributed by atoms with Gasteiger partial charge < -0.3 is 0 Å². The molecule has 2 aromatic carbocycles. The van der Waals surface area contributed by atoms with Crippen molar-refractivity contribution in [2.45, 2.75) is 285 Å². The van der Waals surface area contributed by atoms with E-state index in [1.54, 1.807) is 0 Å². The summed E-state index contributed by atoms with van der Waals surface area (Å²) in [5.41, 5.74) is 7.10. The predicted molar refractivity (Wildman–Crippen MR) is 288 cm³/mol. The van der Waals surface area contributed by atoms with Crippen molar-refractivity contribution in [2.75, 3.05) is 0 Å². The molecule has 0 spiro atoms. The van der Waals surface area contributed by atoms with E-state index in [1.807, 2.05) is 0 Å². The van der Waals surface area contributed by atoms with Crippen molar-refractivity contribution in [2.24, 2.45) is 9.98 Å². The fraction of sp³-hybridized carbons (Fsp3) is 0.710. The Morgan fingerprint density at radius 1 is 0.323 bits per heavy atom. The maximum Gasteiger partial charge on any atom is 0.0666 e. The Balaban J connectivity index is 0.0000211. The normalized spacial score (nSPS) is 11.5. The van der Waals surface area contributed by atoms with Gasteiger partial charge in [0.2, 0.25) is 0 Å². The third-order valence-corrected chi connectivity index (χ3v) is 13.0. The summed E-state index contributed by atoms with van der Waals surface area (Å²) >= 11 is 0. The number of benzene rings is 2. The number of unbranched alkanes of at least 4 members (excludes halogenated alkanes) is 30. The summed E-state index contributed by atoms with van der Waals surface area (Å²) in [5, 5.41) is 0. The molecule has 0 unspecified atom stereocenters. The number of para-hydroxylation sites is 2. The van der Waals surface area contributed by atoms with Crippen LogP contribution in [0, 0.1) is 23.7 Å². The number of rotatable bonds is 41. The summed E-state index contributed by atoms with van der Waals surface area (Å²) < 4.78 is 0. The zero-order valence-electron chi connectivity index (χ0n) is 43.1. The fourth-order valence-electron chi connectivity index (χ4n) is 8.74. The van der Waals surface area contributed by atoms with E-state index in [4.69, 9.17) is 9.98 Å². The topological polar surface area (TPSA) is 24.7 Å². The van der Waals surface area contributed by atoms with E-state index in [-0.39, 0.29) is 16.5 Å². The van der Waals surface area contributed by atoms with Gasteiger partial charge in [0.25, 0.3) is 0 Å². The summed E-state index contributed by atoms with van der Waals surface area (Å²) in [6.07, 6.45) is 51.4. The first-order chi connectivity index (χ1) is 31.7. The molecule has 368 valence electrons. The average molecular weight is 932 g/mol. The standard InChI is InChI=1S/C62H100N2.Ni/c1-5-9-13-15-17-19-21-23-25-27-29-31-33-35-37-39-41-43-49-57-51-45-47-55-59(57)63-61(53-11-7-3)62(54-12-8-4)64-60-56-48-46-52-58(60)50-44-42-40-38-36-34-32-30-28-26-24-22-20-18-16-14-10-6-2;/h45-48,51-52,55-56H,5-38,43-44,49-50,53-54H2,1-4H3;. The number of hydrogen-bond acceptors (Lipinski definition) is 2. The molecule has 0 heterocycles. The molecule has 0 aliphatic rings. The second kappa shape index (κ2) is 46.5. The van der Waals surface area contributed by atoms with E-state index >= 15 is 0 Å². The monoisotopic (exact) mass is 931 g/mol. The SMILES string of the molecule is CCCCCCCCCCCCCCCCC#CCCc1ccccc1N=C(CCCC)C(CCCC)=Nc1ccccc1CCC#CCCCCCCCCCCCCCCCC.[Ni]. The van der Waals surface area contributed by atoms with Crippen LogP contribution in [-0.2, 0) is 29.3 Å². The largest absolute Gasteiger partial charge is 0.251 e. The fourth-order valence-corrected chi connectivity index (χ4v) is 8.74. The smallest absolute Gasteiger partial charge is 0.0666 e. The molecule has 0 saturated carbocycles. The molecule has 0 fully saturated rings. The first-order valence-corrected chi connectivity index (χ1v) is 28.0. The van der Waals surface area contributed by atoms with Gasteiger partial charge in [0, 0.05) is 42.2 Å². The van der Waals surface area contributed by atoms with Gasteiger partial charge in [-0.15, -0.1) is 23.7 Å². The molecule has 2 aromatic rings. The number of aliphatic imine (C=N–C) groups is 2. The third kappa shape index (κ3) is 34.4. The average Bonchev–Trinajstić information content (AvgIpc) is 3.31. The van der Waals surface area contributed by atoms with Gasteiger partial charge in [-0.3, -0.25) is 9.98 Å². The molecule has 0 bridgehead atoms. The Morgan fingerprint density at radius 3 is 0.892 bits per heavy atom. The molecule has 0 aliphatic heterocycles. The van der Waals surface area contributed by atoms with Crippen LogP contribution in [0.3, 0.4) is 0 Å². The van der Waals surface area contributed by atoms with Gasteiger partial charge in [0.1, 0.15) is 0 Å². The van der Waals surface area contributed by atoms with Crippen LogP contribution in [0.4, 0.5) is 11.4 Å². The van der Waals surface area contributed by atoms with Crippen molar-refractivity contribution in [3.8, 4) is 23.7 Å². The van der Waals surface area contributed by atoms with E-state index in [2.05, 4.69) is 99.9 Å². The number of nitrogens with zero attached hydrogens (tertiary/aromatic N) is 2. The Morgan fingerprint density at radius 2 is 0.585 bits per heavy atom. The molecule has 2 nitrogen and oxygen atoms in total. The second-order valence-electron chi connectivity index (χ2n) is 19.0. The van der Waals surface area contributed by atoms with Gasteiger partial charge in [0.05, 0.1) is 22.8 Å². The summed E-state index contributed by atoms with van der Waals surface area (Å²) in [6.45, 7) is 9.16. The Bertz CT molecular complexity index is 1450. The molecule has 2 rings (SSSR count). The zero-order valence-corrected chi connectivity index (χ0v) is 44.1. The molecule has 0 N–H and O–H groups in total. The van der Waals surface area contributed by atoms with E-state index in [0.717, 1.165) is 99.8 Å².